The average molecular weight is 1770 g/mol. The van der Waals surface area contributed by atoms with Crippen molar-refractivity contribution in [2.24, 2.45) is 50.2 Å². The van der Waals surface area contributed by atoms with Crippen LogP contribution in [0.4, 0.5) is 0 Å². The number of hydrogen-bond acceptors (Lipinski definition) is 42. The number of aliphatic carboxylic acids is 1. The first-order valence-electron chi connectivity index (χ1n) is 42.2. The summed E-state index contributed by atoms with van der Waals surface area (Å²) in [5.74, 6) is -6.02. The van der Waals surface area contributed by atoms with E-state index < -0.39 is 340 Å². The van der Waals surface area contributed by atoms with Gasteiger partial charge in [0.2, 0.25) is 6.29 Å². The molecule has 8 aliphatic heterocycles. The number of allylic oxidation sites excluding steroid dienone is 2. The van der Waals surface area contributed by atoms with E-state index >= 15 is 4.79 Å². The lowest BCUT2D eigenvalue weighted by atomic mass is 9.33. The summed E-state index contributed by atoms with van der Waals surface area (Å²) >= 11 is 0. The Morgan fingerprint density at radius 3 is 1.57 bits per heavy atom. The van der Waals surface area contributed by atoms with E-state index in [4.69, 9.17) is 85.3 Å². The number of aliphatic hydroxyl groups excluding tert-OH is 19. The molecule has 0 amide bonds. The van der Waals surface area contributed by atoms with Gasteiger partial charge in [0.25, 0.3) is 0 Å². The summed E-state index contributed by atoms with van der Waals surface area (Å²) in [4.78, 5) is 67.7. The first-order valence-corrected chi connectivity index (χ1v) is 42.2. The second-order valence-electron chi connectivity index (χ2n) is 37.6. The van der Waals surface area contributed by atoms with E-state index in [2.05, 4.69) is 26.8 Å². The molecule has 5 aliphatic carbocycles. The van der Waals surface area contributed by atoms with Crippen LogP contribution in [-0.2, 0) is 109 Å². The summed E-state index contributed by atoms with van der Waals surface area (Å²) < 4.78 is 108. The molecule has 0 bridgehead atoms. The number of ether oxygens (including phenoxy) is 18. The van der Waals surface area contributed by atoms with Crippen LogP contribution in [0.25, 0.3) is 0 Å². The van der Waals surface area contributed by atoms with Crippen LogP contribution in [0.3, 0.4) is 0 Å². The van der Waals surface area contributed by atoms with Gasteiger partial charge in [-0.1, -0.05) is 53.2 Å². The van der Waals surface area contributed by atoms with Gasteiger partial charge in [0.15, 0.2) is 62.3 Å². The smallest absolute Gasteiger partial charge is 0.335 e. The molecule has 0 aromatic rings. The highest BCUT2D eigenvalue weighted by Gasteiger charge is 2.74. The molecule has 43 nitrogen and oxygen atoms in total. The monoisotopic (exact) mass is 1770 g/mol. The van der Waals surface area contributed by atoms with E-state index in [0.717, 1.165) is 25.7 Å². The van der Waals surface area contributed by atoms with Gasteiger partial charge < -0.3 is 192 Å². The molecule has 4 saturated carbocycles. The predicted octanol–water partition coefficient (Wildman–Crippen LogP) is -6.99. The average Bonchev–Trinajstić information content (AvgIpc) is 0.668. The number of carbonyl (C=O) groups is 5. The van der Waals surface area contributed by atoms with Crippen LogP contribution in [0, 0.1) is 50.2 Å². The van der Waals surface area contributed by atoms with Gasteiger partial charge in [-0.05, 0) is 118 Å². The van der Waals surface area contributed by atoms with Crippen LogP contribution in [-0.4, -0.2) is 404 Å². The highest BCUT2D eigenvalue weighted by atomic mass is 16.8. The van der Waals surface area contributed by atoms with E-state index in [1.165, 1.54) is 20.8 Å². The Balaban J connectivity index is 0.772. The molecular formula is C80H124O43. The lowest BCUT2D eigenvalue weighted by molar-refractivity contribution is -0.393. The molecule has 8 heterocycles. The number of carbonyl (C=O) groups excluding carboxylic acids is 4. The first kappa shape index (κ1) is 96.5. The highest BCUT2D eigenvalue weighted by molar-refractivity contribution is 5.80. The summed E-state index contributed by atoms with van der Waals surface area (Å²) in [6.45, 7) is 15.5. The number of carboxylic acids is 1. The van der Waals surface area contributed by atoms with Gasteiger partial charge in [-0.2, -0.15) is 0 Å². The van der Waals surface area contributed by atoms with E-state index in [1.807, 2.05) is 13.8 Å². The lowest BCUT2D eigenvalue weighted by Crippen LogP contribution is -2.69. The second-order valence-corrected chi connectivity index (χ2v) is 37.6. The Morgan fingerprint density at radius 1 is 0.455 bits per heavy atom. The normalized spacial score (nSPS) is 53.0. The third-order valence-electron chi connectivity index (χ3n) is 29.5. The van der Waals surface area contributed by atoms with Crippen LogP contribution in [0.2, 0.25) is 0 Å². The van der Waals surface area contributed by atoms with Crippen LogP contribution in [0.1, 0.15) is 134 Å². The molecule has 12 fully saturated rings. The summed E-state index contributed by atoms with van der Waals surface area (Å²) in [6.07, 6.45) is -68.8. The topological polar surface area (TPSA) is 656 Å². The van der Waals surface area contributed by atoms with Crippen molar-refractivity contribution in [2.75, 3.05) is 26.4 Å². The molecule has 0 spiro atoms. The molecule has 0 radical (unpaired) electrons. The Bertz CT molecular complexity index is 3710. The third kappa shape index (κ3) is 17.5. The van der Waals surface area contributed by atoms with E-state index in [-0.39, 0.29) is 25.2 Å². The fraction of sp³-hybridized carbons (Fsp3) is 0.912. The largest absolute Gasteiger partial charge is 0.479 e. The first-order chi connectivity index (χ1) is 57.6. The van der Waals surface area contributed by atoms with Crippen molar-refractivity contribution in [1.29, 1.82) is 0 Å². The van der Waals surface area contributed by atoms with Gasteiger partial charge in [0, 0.05) is 13.8 Å². The summed E-state index contributed by atoms with van der Waals surface area (Å²) in [5.41, 5.74) is -5.43. The molecule has 13 rings (SSSR count). The molecule has 20 N–H and O–H groups in total. The van der Waals surface area contributed by atoms with Gasteiger partial charge in [-0.25, -0.2) is 4.79 Å². The van der Waals surface area contributed by atoms with Crippen LogP contribution in [0.5, 0.6) is 0 Å². The zero-order valence-corrected chi connectivity index (χ0v) is 70.0. The molecular weight excluding hydrogens is 1650 g/mol. The number of rotatable bonds is 22. The van der Waals surface area contributed by atoms with Gasteiger partial charge in [0.1, 0.15) is 165 Å². The van der Waals surface area contributed by atoms with E-state index in [0.29, 0.717) is 38.5 Å². The Hall–Kier alpha value is -4.07. The fourth-order valence-corrected chi connectivity index (χ4v) is 22.2. The SMILES string of the molecule is CC(=O)OCC1OC(OC2C(O)COC(OC3C(C)OC(OC4C(OC(=O)C56CCC(C)(C)CC5C5=CCC7C8(C)CCC(OC9OC(C(=O)O)C(O)C(OC%10OCC(O)C(O)C%10O)C9OC9OC(CO)C(O)C(O)C9O)C(C)(C=O)C8CCC7(C)C5(C)CC6O)OC(C)C(O)C4OC4OC(C)C(OC(C)=O)C(O)C4O)C(O)C3O)C2O)C(O)C(O)C1O. The molecule has 8 saturated heterocycles. The van der Waals surface area contributed by atoms with Crippen molar-refractivity contribution in [1.82, 2.24) is 0 Å². The van der Waals surface area contributed by atoms with Gasteiger partial charge in [0.05, 0.1) is 55.8 Å². The minimum Gasteiger partial charge on any atom is -0.479 e. The van der Waals surface area contributed by atoms with E-state index in [1.54, 1.807) is 6.92 Å². The van der Waals surface area contributed by atoms with Crippen molar-refractivity contribution in [3.8, 4) is 0 Å². The molecule has 702 valence electrons. The van der Waals surface area contributed by atoms with Crippen molar-refractivity contribution in [3.63, 3.8) is 0 Å². The molecule has 0 aromatic heterocycles. The van der Waals surface area contributed by atoms with Crippen molar-refractivity contribution < 1.29 is 211 Å². The zero-order chi connectivity index (χ0) is 90.0. The van der Waals surface area contributed by atoms with Crippen LogP contribution >= 0.6 is 0 Å². The maximum Gasteiger partial charge on any atom is 0.335 e. The number of aliphatic hydroxyl groups is 19. The molecule has 123 heavy (non-hydrogen) atoms. The Kier molecular flexibility index (Phi) is 29.0. The number of aldehydes is 1. The quantitative estimate of drug-likeness (QED) is 0.0157. The highest BCUT2D eigenvalue weighted by Crippen LogP contribution is 2.76. The lowest BCUT2D eigenvalue weighted by Gasteiger charge is -2.71. The van der Waals surface area contributed by atoms with Crippen molar-refractivity contribution >= 4 is 30.2 Å². The number of carboxylic acid groups (broad SMARTS) is 1. The van der Waals surface area contributed by atoms with Gasteiger partial charge in [-0.15, -0.1) is 0 Å². The van der Waals surface area contributed by atoms with Gasteiger partial charge in [-0.3, -0.25) is 14.4 Å². The maximum absolute atomic E-state index is 16.3. The summed E-state index contributed by atoms with van der Waals surface area (Å²) in [6, 6.07) is 0. The van der Waals surface area contributed by atoms with Crippen molar-refractivity contribution in [2.45, 2.75) is 380 Å². The van der Waals surface area contributed by atoms with E-state index in [9.17, 15) is 121 Å². The predicted molar refractivity (Wildman–Crippen MR) is 399 cm³/mol. The molecule has 43 heteroatoms. The summed E-state index contributed by atoms with van der Waals surface area (Å²) in [7, 11) is 0. The molecule has 0 aromatic carbocycles. The Labute approximate surface area is 707 Å². The summed E-state index contributed by atoms with van der Waals surface area (Å²) in [5, 5.41) is 226. The number of hydrogen-bond donors (Lipinski definition) is 20. The van der Waals surface area contributed by atoms with Gasteiger partial charge >= 0.3 is 23.9 Å². The third-order valence-corrected chi connectivity index (χ3v) is 29.5. The molecule has 48 unspecified atom stereocenters. The van der Waals surface area contributed by atoms with Crippen molar-refractivity contribution in [3.05, 3.63) is 11.6 Å². The Morgan fingerprint density at radius 2 is 0.967 bits per heavy atom. The van der Waals surface area contributed by atoms with Crippen LogP contribution < -0.4 is 0 Å². The second kappa shape index (κ2) is 36.9. The zero-order valence-electron chi connectivity index (χ0n) is 70.0. The standard InChI is InChI=1S/C80H124O43/c1-27-42(88)60(119-68-53(99)48(94)57(28(2)110-68)112-31(5)84)63(121-69-54(100)49(95)58(29(3)111-69)116-67-56(102)59(35(86)24-108-67)117-71-52(98)47(93)45(91)37(114-71)25-106-30(4)83)72(109-27)123-74(105)80-19-18-75(6,7)20-33(80)32-12-13-39-76(8)16-15-41(77(9,26-82)38(76)14-17-78(39,10)79(32,11)21-40(80)87)115-73-64(122-70-51(97)46(92)44(90)36(22-81)113-70)61(55(101)62(120-73)65(103)104)118-66-50(96)43(89)34(85)23-107-66/h12,26-29,33-64,66-73,81,85-102H,13-25H2,1-11H3,(H,103,104). The molecule has 13 aliphatic rings. The maximum atomic E-state index is 16.3. The number of esters is 3. The minimum atomic E-state index is -2.26. The fourth-order valence-electron chi connectivity index (χ4n) is 22.2. The minimum absolute atomic E-state index is 0.0268. The molecule has 48 atom stereocenters. The van der Waals surface area contributed by atoms with Crippen LogP contribution in [0.15, 0.2) is 11.6 Å². The number of fused-ring (bicyclic) bond motifs is 7.